The molecule has 0 radical (unpaired) electrons. The summed E-state index contributed by atoms with van der Waals surface area (Å²) in [6.07, 6.45) is 3.91. The molecule has 1 aliphatic rings. The molecule has 1 atom stereocenters. The Labute approximate surface area is 124 Å². The van der Waals surface area contributed by atoms with E-state index in [-0.39, 0.29) is 30.1 Å². The van der Waals surface area contributed by atoms with Gasteiger partial charge in [-0.15, -0.1) is 0 Å². The summed E-state index contributed by atoms with van der Waals surface area (Å²) >= 11 is 0. The van der Waals surface area contributed by atoms with Crippen LogP contribution < -0.4 is 0 Å². The minimum Gasteiger partial charge on any atom is -0.480 e. The molecular weight excluding hydrogens is 294 g/mol. The fraction of sp³-hybridized carbons (Fsp3) is 0.692. The third kappa shape index (κ3) is 4.04. The molecule has 2 heterocycles. The van der Waals surface area contributed by atoms with E-state index in [1.165, 1.54) is 0 Å². The normalized spacial score (nSPS) is 21.2. The van der Waals surface area contributed by atoms with Crippen LogP contribution in [0.25, 0.3) is 0 Å². The molecule has 0 amide bonds. The number of imidazole rings is 1. The van der Waals surface area contributed by atoms with Gasteiger partial charge in [0.15, 0.2) is 9.84 Å². The number of hydrogen-bond donors (Lipinski definition) is 1. The lowest BCUT2D eigenvalue weighted by molar-refractivity contribution is -0.139. The number of sulfone groups is 1. The van der Waals surface area contributed by atoms with Gasteiger partial charge in [-0.05, 0) is 20.3 Å². The minimum absolute atomic E-state index is 0.0378. The van der Waals surface area contributed by atoms with Crippen molar-refractivity contribution in [3.63, 3.8) is 0 Å². The Morgan fingerprint density at radius 2 is 2.29 bits per heavy atom. The predicted octanol–water partition coefficient (Wildman–Crippen LogP) is 0.538. The molecule has 1 unspecified atom stereocenters. The van der Waals surface area contributed by atoms with E-state index in [4.69, 9.17) is 5.11 Å². The fourth-order valence-corrected chi connectivity index (χ4v) is 4.44. The molecule has 1 fully saturated rings. The molecule has 2 rings (SSSR count). The van der Waals surface area contributed by atoms with Gasteiger partial charge in [-0.25, -0.2) is 13.4 Å². The minimum atomic E-state index is -3.04. The van der Waals surface area contributed by atoms with Crippen LogP contribution in [0.4, 0.5) is 0 Å². The maximum absolute atomic E-state index is 11.6. The highest BCUT2D eigenvalue weighted by molar-refractivity contribution is 7.91. The topological polar surface area (TPSA) is 92.5 Å². The van der Waals surface area contributed by atoms with Crippen LogP contribution in [0.1, 0.15) is 32.0 Å². The molecule has 1 aliphatic heterocycles. The van der Waals surface area contributed by atoms with Crippen LogP contribution in [-0.4, -0.2) is 58.0 Å². The first-order valence-electron chi connectivity index (χ1n) is 6.95. The van der Waals surface area contributed by atoms with Gasteiger partial charge in [0, 0.05) is 24.8 Å². The third-order valence-corrected chi connectivity index (χ3v) is 5.48. The maximum atomic E-state index is 11.6. The highest BCUT2D eigenvalue weighted by atomic mass is 32.2. The molecule has 0 saturated carbocycles. The van der Waals surface area contributed by atoms with Crippen LogP contribution in [0.15, 0.2) is 12.5 Å². The standard InChI is InChI=1S/C13H21N3O4S/c1-10(2)16-9-14-5-12(16)6-15(7-13(17)18)11-3-4-21(19,20)8-11/h5,9-11H,3-4,6-8H2,1-2H3,(H,17,18). The van der Waals surface area contributed by atoms with Gasteiger partial charge in [0.2, 0.25) is 0 Å². The van der Waals surface area contributed by atoms with Crippen LogP contribution in [0.3, 0.4) is 0 Å². The lowest BCUT2D eigenvalue weighted by atomic mass is 10.2. The average Bonchev–Trinajstić information content (AvgIpc) is 2.94. The van der Waals surface area contributed by atoms with E-state index in [1.54, 1.807) is 17.4 Å². The highest BCUT2D eigenvalue weighted by Crippen LogP contribution is 2.20. The molecule has 1 saturated heterocycles. The molecule has 1 N–H and O–H groups in total. The van der Waals surface area contributed by atoms with Crippen molar-refractivity contribution in [2.45, 2.75) is 38.9 Å². The largest absolute Gasteiger partial charge is 0.480 e. The summed E-state index contributed by atoms with van der Waals surface area (Å²) in [5.74, 6) is -0.775. The SMILES string of the molecule is CC(C)n1cncc1CN(CC(=O)O)C1CCS(=O)(=O)C1. The van der Waals surface area contributed by atoms with Gasteiger partial charge in [-0.2, -0.15) is 0 Å². The maximum Gasteiger partial charge on any atom is 0.317 e. The van der Waals surface area contributed by atoms with E-state index in [1.807, 2.05) is 18.4 Å². The van der Waals surface area contributed by atoms with E-state index in [2.05, 4.69) is 4.98 Å². The molecule has 1 aromatic heterocycles. The smallest absolute Gasteiger partial charge is 0.317 e. The number of aliphatic carboxylic acids is 1. The second-order valence-electron chi connectivity index (χ2n) is 5.74. The summed E-state index contributed by atoms with van der Waals surface area (Å²) in [7, 11) is -3.04. The van der Waals surface area contributed by atoms with Gasteiger partial charge in [0.25, 0.3) is 0 Å². The Bertz CT molecular complexity index is 609. The number of hydrogen-bond acceptors (Lipinski definition) is 5. The molecule has 1 aromatic rings. The lowest BCUT2D eigenvalue weighted by Crippen LogP contribution is -2.39. The molecule has 118 valence electrons. The van der Waals surface area contributed by atoms with Crippen molar-refractivity contribution in [2.75, 3.05) is 18.1 Å². The molecule has 0 spiro atoms. The summed E-state index contributed by atoms with van der Waals surface area (Å²) in [6, 6.07) is -0.0110. The average molecular weight is 315 g/mol. The Morgan fingerprint density at radius 1 is 1.57 bits per heavy atom. The first-order chi connectivity index (χ1) is 9.78. The zero-order chi connectivity index (χ0) is 15.6. The van der Waals surface area contributed by atoms with Gasteiger partial charge in [-0.1, -0.05) is 0 Å². The van der Waals surface area contributed by atoms with Gasteiger partial charge >= 0.3 is 5.97 Å². The molecule has 0 bridgehead atoms. The molecule has 0 aromatic carbocycles. The third-order valence-electron chi connectivity index (χ3n) is 3.73. The Kier molecular flexibility index (Phi) is 4.67. The van der Waals surface area contributed by atoms with Gasteiger partial charge in [0.05, 0.1) is 30.1 Å². The molecule has 8 heteroatoms. The monoisotopic (exact) mass is 315 g/mol. The predicted molar refractivity (Wildman–Crippen MR) is 77.7 cm³/mol. The summed E-state index contributed by atoms with van der Waals surface area (Å²) in [6.45, 7) is 4.27. The van der Waals surface area contributed by atoms with Crippen LogP contribution in [0, 0.1) is 0 Å². The molecular formula is C13H21N3O4S. The first-order valence-corrected chi connectivity index (χ1v) is 8.77. The van der Waals surface area contributed by atoms with Crippen molar-refractivity contribution in [1.29, 1.82) is 0 Å². The second-order valence-corrected chi connectivity index (χ2v) is 7.97. The van der Waals surface area contributed by atoms with E-state index < -0.39 is 15.8 Å². The quantitative estimate of drug-likeness (QED) is 0.823. The van der Waals surface area contributed by atoms with Crippen molar-refractivity contribution in [3.8, 4) is 0 Å². The highest BCUT2D eigenvalue weighted by Gasteiger charge is 2.33. The Morgan fingerprint density at radius 3 is 2.81 bits per heavy atom. The first kappa shape index (κ1) is 16.0. The van der Waals surface area contributed by atoms with Crippen molar-refractivity contribution >= 4 is 15.8 Å². The van der Waals surface area contributed by atoms with Gasteiger partial charge in [0.1, 0.15) is 0 Å². The van der Waals surface area contributed by atoms with Crippen LogP contribution in [-0.2, 0) is 21.2 Å². The number of carboxylic acid groups (broad SMARTS) is 1. The number of carbonyl (C=O) groups is 1. The zero-order valence-electron chi connectivity index (χ0n) is 12.3. The van der Waals surface area contributed by atoms with Gasteiger partial charge in [-0.3, -0.25) is 9.69 Å². The van der Waals surface area contributed by atoms with Crippen LogP contribution in [0.5, 0.6) is 0 Å². The van der Waals surface area contributed by atoms with E-state index in [0.717, 1.165) is 5.69 Å². The summed E-state index contributed by atoms with van der Waals surface area (Å²) in [5.41, 5.74) is 0.899. The fourth-order valence-electron chi connectivity index (χ4n) is 2.68. The summed E-state index contributed by atoms with van der Waals surface area (Å²) in [4.78, 5) is 16.9. The van der Waals surface area contributed by atoms with Crippen molar-refractivity contribution < 1.29 is 18.3 Å². The van der Waals surface area contributed by atoms with Crippen LogP contribution >= 0.6 is 0 Å². The zero-order valence-corrected chi connectivity index (χ0v) is 13.1. The second kappa shape index (κ2) is 6.15. The molecule has 0 aliphatic carbocycles. The van der Waals surface area contributed by atoms with Crippen molar-refractivity contribution in [2.24, 2.45) is 0 Å². The van der Waals surface area contributed by atoms with Crippen molar-refractivity contribution in [1.82, 2.24) is 14.5 Å². The lowest BCUT2D eigenvalue weighted by Gasteiger charge is -2.27. The number of nitrogens with zero attached hydrogens (tertiary/aromatic N) is 3. The molecule has 7 nitrogen and oxygen atoms in total. The van der Waals surface area contributed by atoms with E-state index in [9.17, 15) is 13.2 Å². The summed E-state index contributed by atoms with van der Waals surface area (Å²) in [5, 5.41) is 9.07. The van der Waals surface area contributed by atoms with Crippen LogP contribution in [0.2, 0.25) is 0 Å². The number of rotatable bonds is 6. The van der Waals surface area contributed by atoms with E-state index in [0.29, 0.717) is 13.0 Å². The van der Waals surface area contributed by atoms with E-state index >= 15 is 0 Å². The Hall–Kier alpha value is -1.41. The van der Waals surface area contributed by atoms with Crippen molar-refractivity contribution in [3.05, 3.63) is 18.2 Å². The number of aromatic nitrogens is 2. The summed E-state index contributed by atoms with van der Waals surface area (Å²) < 4.78 is 25.2. The van der Waals surface area contributed by atoms with Gasteiger partial charge < -0.3 is 9.67 Å². The molecule has 21 heavy (non-hydrogen) atoms. The Balaban J connectivity index is 2.17. The number of carboxylic acids is 1.